The summed E-state index contributed by atoms with van der Waals surface area (Å²) in [5.41, 5.74) is 11.1. The number of carbonyl (C=O) groups is 3. The van der Waals surface area contributed by atoms with Gasteiger partial charge in [0.15, 0.2) is 0 Å². The van der Waals surface area contributed by atoms with Crippen LogP contribution in [0.1, 0.15) is 17.9 Å². The van der Waals surface area contributed by atoms with Gasteiger partial charge >= 0.3 is 0 Å². The molecule has 8 heteroatoms. The van der Waals surface area contributed by atoms with E-state index in [0.717, 1.165) is 10.5 Å². The van der Waals surface area contributed by atoms with E-state index >= 15 is 0 Å². The average Bonchev–Trinajstić information content (AvgIpc) is 3.19. The lowest BCUT2D eigenvalue weighted by atomic mass is 10.1. The van der Waals surface area contributed by atoms with E-state index in [1.165, 1.54) is 0 Å². The third-order valence-electron chi connectivity index (χ3n) is 3.48. The van der Waals surface area contributed by atoms with Crippen LogP contribution in [0.2, 0.25) is 10.0 Å². The molecule has 2 atom stereocenters. The Morgan fingerprint density at radius 3 is 2.18 bits per heavy atom. The molecule has 1 aromatic carbocycles. The van der Waals surface area contributed by atoms with Crippen molar-refractivity contribution >= 4 is 40.9 Å². The SMILES string of the molecule is NC(=O)CN(CC(N)=O)C(=O)C1CC1c1ccc(Cl)c(Cl)c1. The molecule has 1 aliphatic carbocycles. The van der Waals surface area contributed by atoms with E-state index in [1.807, 2.05) is 0 Å². The summed E-state index contributed by atoms with van der Waals surface area (Å²) < 4.78 is 0. The molecule has 0 bridgehead atoms. The molecule has 0 heterocycles. The molecule has 0 spiro atoms. The van der Waals surface area contributed by atoms with E-state index in [4.69, 9.17) is 34.7 Å². The smallest absolute Gasteiger partial charge is 0.237 e. The fourth-order valence-corrected chi connectivity index (χ4v) is 2.71. The van der Waals surface area contributed by atoms with Crippen LogP contribution in [0.5, 0.6) is 0 Å². The van der Waals surface area contributed by atoms with E-state index in [1.54, 1.807) is 18.2 Å². The zero-order valence-electron chi connectivity index (χ0n) is 11.6. The topological polar surface area (TPSA) is 106 Å². The highest BCUT2D eigenvalue weighted by Gasteiger charge is 2.46. The Bertz CT molecular complexity index is 620. The number of amides is 3. The third-order valence-corrected chi connectivity index (χ3v) is 4.22. The lowest BCUT2D eigenvalue weighted by Gasteiger charge is -2.19. The maximum absolute atomic E-state index is 12.4. The Morgan fingerprint density at radius 2 is 1.68 bits per heavy atom. The van der Waals surface area contributed by atoms with Gasteiger partial charge in [0.25, 0.3) is 0 Å². The zero-order valence-corrected chi connectivity index (χ0v) is 13.1. The molecule has 1 fully saturated rings. The number of benzene rings is 1. The van der Waals surface area contributed by atoms with Gasteiger partial charge in [-0.3, -0.25) is 14.4 Å². The van der Waals surface area contributed by atoms with Crippen molar-refractivity contribution in [3.8, 4) is 0 Å². The molecule has 3 amide bonds. The van der Waals surface area contributed by atoms with Crippen LogP contribution in [0.25, 0.3) is 0 Å². The first kappa shape index (κ1) is 16.6. The van der Waals surface area contributed by atoms with Crippen LogP contribution in [0.15, 0.2) is 18.2 Å². The largest absolute Gasteiger partial charge is 0.368 e. The third kappa shape index (κ3) is 3.90. The first-order valence-electron chi connectivity index (χ1n) is 6.60. The molecule has 6 nitrogen and oxygen atoms in total. The molecule has 1 saturated carbocycles. The van der Waals surface area contributed by atoms with Gasteiger partial charge in [0, 0.05) is 5.92 Å². The van der Waals surface area contributed by atoms with Gasteiger partial charge in [0.2, 0.25) is 17.7 Å². The zero-order chi connectivity index (χ0) is 16.4. The number of carbonyl (C=O) groups excluding carboxylic acids is 3. The first-order chi connectivity index (χ1) is 10.3. The van der Waals surface area contributed by atoms with Gasteiger partial charge in [-0.25, -0.2) is 0 Å². The van der Waals surface area contributed by atoms with E-state index in [-0.39, 0.29) is 30.8 Å². The van der Waals surface area contributed by atoms with Gasteiger partial charge in [0.05, 0.1) is 23.1 Å². The fourth-order valence-electron chi connectivity index (χ4n) is 2.40. The lowest BCUT2D eigenvalue weighted by Crippen LogP contribution is -2.44. The maximum Gasteiger partial charge on any atom is 0.237 e. The highest BCUT2D eigenvalue weighted by Crippen LogP contribution is 2.49. The Kier molecular flexibility index (Phi) is 4.93. The van der Waals surface area contributed by atoms with Crippen molar-refractivity contribution in [3.05, 3.63) is 33.8 Å². The van der Waals surface area contributed by atoms with Crippen molar-refractivity contribution in [1.82, 2.24) is 4.90 Å². The second kappa shape index (κ2) is 6.54. The molecule has 118 valence electrons. The quantitative estimate of drug-likeness (QED) is 0.800. The molecule has 2 rings (SSSR count). The molecule has 1 aromatic rings. The molecule has 0 aliphatic heterocycles. The molecule has 0 saturated heterocycles. The number of halogens is 2. The number of nitrogens with two attached hydrogens (primary N) is 2. The normalized spacial score (nSPS) is 19.5. The van der Waals surface area contributed by atoms with E-state index in [9.17, 15) is 14.4 Å². The van der Waals surface area contributed by atoms with Crippen LogP contribution in [0.3, 0.4) is 0 Å². The summed E-state index contributed by atoms with van der Waals surface area (Å²) >= 11 is 11.8. The minimum atomic E-state index is -0.693. The average molecular weight is 344 g/mol. The molecule has 22 heavy (non-hydrogen) atoms. The number of rotatable bonds is 6. The van der Waals surface area contributed by atoms with Gasteiger partial charge in [0.1, 0.15) is 0 Å². The fraction of sp³-hybridized carbons (Fsp3) is 0.357. The second-order valence-electron chi connectivity index (χ2n) is 5.25. The maximum atomic E-state index is 12.4. The molecule has 1 aliphatic rings. The van der Waals surface area contributed by atoms with Gasteiger partial charge in [-0.1, -0.05) is 29.3 Å². The highest BCUT2D eigenvalue weighted by molar-refractivity contribution is 6.42. The Hall–Kier alpha value is -1.79. The second-order valence-corrected chi connectivity index (χ2v) is 6.06. The van der Waals surface area contributed by atoms with Crippen molar-refractivity contribution < 1.29 is 14.4 Å². The number of hydrogen-bond acceptors (Lipinski definition) is 3. The van der Waals surface area contributed by atoms with Gasteiger partial charge in [-0.15, -0.1) is 0 Å². The molecular weight excluding hydrogens is 329 g/mol. The monoisotopic (exact) mass is 343 g/mol. The van der Waals surface area contributed by atoms with Crippen LogP contribution in [0, 0.1) is 5.92 Å². The van der Waals surface area contributed by atoms with E-state index < -0.39 is 11.8 Å². The lowest BCUT2D eigenvalue weighted by molar-refractivity contribution is -0.139. The van der Waals surface area contributed by atoms with Crippen LogP contribution < -0.4 is 11.5 Å². The molecule has 0 radical (unpaired) electrons. The molecule has 2 unspecified atom stereocenters. The summed E-state index contributed by atoms with van der Waals surface area (Å²) in [6, 6.07) is 5.19. The minimum Gasteiger partial charge on any atom is -0.368 e. The minimum absolute atomic E-state index is 0.00878. The highest BCUT2D eigenvalue weighted by atomic mass is 35.5. The Balaban J connectivity index is 2.08. The predicted molar refractivity (Wildman–Crippen MR) is 82.3 cm³/mol. The number of hydrogen-bond donors (Lipinski definition) is 2. The van der Waals surface area contributed by atoms with Crippen LogP contribution >= 0.6 is 23.2 Å². The van der Waals surface area contributed by atoms with Crippen molar-refractivity contribution in [2.45, 2.75) is 12.3 Å². The van der Waals surface area contributed by atoms with Crippen LogP contribution in [-0.2, 0) is 14.4 Å². The van der Waals surface area contributed by atoms with Gasteiger partial charge < -0.3 is 16.4 Å². The molecule has 4 N–H and O–H groups in total. The van der Waals surface area contributed by atoms with Gasteiger partial charge in [-0.05, 0) is 30.0 Å². The summed E-state index contributed by atoms with van der Waals surface area (Å²) in [7, 11) is 0. The van der Waals surface area contributed by atoms with Gasteiger partial charge in [-0.2, -0.15) is 0 Å². The van der Waals surface area contributed by atoms with Crippen molar-refractivity contribution in [3.63, 3.8) is 0 Å². The summed E-state index contributed by atoms with van der Waals surface area (Å²) in [5.74, 6) is -2.02. The first-order valence-corrected chi connectivity index (χ1v) is 7.35. The molecule has 0 aromatic heterocycles. The van der Waals surface area contributed by atoms with Crippen molar-refractivity contribution in [2.24, 2.45) is 17.4 Å². The standard InChI is InChI=1S/C14H15Cl2N3O3/c15-10-2-1-7(3-11(10)16)8-4-9(8)14(22)19(5-12(17)20)6-13(18)21/h1-3,8-9H,4-6H2,(H2,17,20)(H2,18,21). The molecular formula is C14H15Cl2N3O3. The summed E-state index contributed by atoms with van der Waals surface area (Å²) in [4.78, 5) is 35.5. The predicted octanol–water partition coefficient (Wildman–Crippen LogP) is 0.896. The number of nitrogens with zero attached hydrogens (tertiary/aromatic N) is 1. The van der Waals surface area contributed by atoms with Crippen LogP contribution in [0.4, 0.5) is 0 Å². The summed E-state index contributed by atoms with van der Waals surface area (Å²) in [6.07, 6.45) is 0.616. The Labute approximate surface area is 137 Å². The van der Waals surface area contributed by atoms with Crippen molar-refractivity contribution in [1.29, 1.82) is 0 Å². The number of primary amides is 2. The van der Waals surface area contributed by atoms with E-state index in [0.29, 0.717) is 16.5 Å². The Morgan fingerprint density at radius 1 is 1.09 bits per heavy atom. The van der Waals surface area contributed by atoms with Crippen LogP contribution in [-0.4, -0.2) is 35.7 Å². The van der Waals surface area contributed by atoms with E-state index in [2.05, 4.69) is 0 Å². The summed E-state index contributed by atoms with van der Waals surface area (Å²) in [6.45, 7) is -0.654. The van der Waals surface area contributed by atoms with Crippen molar-refractivity contribution in [2.75, 3.05) is 13.1 Å². The summed E-state index contributed by atoms with van der Waals surface area (Å²) in [5, 5.41) is 0.862.